The Hall–Kier alpha value is -3.11. The molecule has 0 radical (unpaired) electrons. The number of para-hydroxylation sites is 2. The maximum Gasteiger partial charge on any atom is 0.264 e. The highest BCUT2D eigenvalue weighted by Crippen LogP contribution is 2.36. The second kappa shape index (κ2) is 8.79. The summed E-state index contributed by atoms with van der Waals surface area (Å²) in [5.74, 6) is -0.379. The highest BCUT2D eigenvalue weighted by molar-refractivity contribution is 7.89. The van der Waals surface area contributed by atoms with Gasteiger partial charge in [-0.25, -0.2) is 13.4 Å². The van der Waals surface area contributed by atoms with E-state index in [9.17, 15) is 13.2 Å². The van der Waals surface area contributed by atoms with Crippen molar-refractivity contribution in [1.29, 1.82) is 0 Å². The van der Waals surface area contributed by atoms with Crippen molar-refractivity contribution in [2.45, 2.75) is 11.8 Å². The lowest BCUT2D eigenvalue weighted by molar-refractivity contribution is -0.0258. The SMILES string of the molecule is CON(C)S(=O)(=O)c1cccc(C(=O)N(c2nc3ccccc3s2)c2ccccc2C)c1. The molecule has 4 aromatic rings. The first kappa shape index (κ1) is 22.1. The van der Waals surface area contributed by atoms with E-state index < -0.39 is 10.0 Å². The molecule has 0 fully saturated rings. The average molecular weight is 468 g/mol. The lowest BCUT2D eigenvalue weighted by Gasteiger charge is -2.22. The summed E-state index contributed by atoms with van der Waals surface area (Å²) in [5, 5.41) is 0.507. The van der Waals surface area contributed by atoms with Gasteiger partial charge in [-0.3, -0.25) is 14.5 Å². The van der Waals surface area contributed by atoms with Crippen molar-refractivity contribution in [1.82, 2.24) is 9.45 Å². The Morgan fingerprint density at radius 1 is 1.00 bits per heavy atom. The maximum absolute atomic E-state index is 13.7. The van der Waals surface area contributed by atoms with Gasteiger partial charge in [0.1, 0.15) is 0 Å². The normalized spacial score (nSPS) is 11.8. The Kier molecular flexibility index (Phi) is 6.07. The molecule has 1 amide bonds. The van der Waals surface area contributed by atoms with Crippen LogP contribution < -0.4 is 4.90 Å². The van der Waals surface area contributed by atoms with Gasteiger partial charge in [-0.2, -0.15) is 0 Å². The van der Waals surface area contributed by atoms with Crippen molar-refractivity contribution in [3.05, 3.63) is 83.9 Å². The number of rotatable bonds is 6. The predicted molar refractivity (Wildman–Crippen MR) is 126 cm³/mol. The van der Waals surface area contributed by atoms with E-state index >= 15 is 0 Å². The number of sulfonamides is 1. The largest absolute Gasteiger partial charge is 0.288 e. The Morgan fingerprint density at radius 2 is 1.72 bits per heavy atom. The van der Waals surface area contributed by atoms with Crippen LogP contribution in [0.2, 0.25) is 0 Å². The number of hydroxylamine groups is 1. The second-order valence-electron chi connectivity index (χ2n) is 7.02. The highest BCUT2D eigenvalue weighted by Gasteiger charge is 2.27. The minimum Gasteiger partial charge on any atom is -0.288 e. The van der Waals surface area contributed by atoms with Gasteiger partial charge < -0.3 is 0 Å². The molecule has 0 aliphatic heterocycles. The number of nitrogens with zero attached hydrogens (tertiary/aromatic N) is 3. The van der Waals surface area contributed by atoms with E-state index in [1.54, 1.807) is 6.07 Å². The average Bonchev–Trinajstić information content (AvgIpc) is 3.23. The van der Waals surface area contributed by atoms with Crippen LogP contribution in [0.15, 0.2) is 77.7 Å². The van der Waals surface area contributed by atoms with Crippen molar-refractivity contribution in [3.63, 3.8) is 0 Å². The second-order valence-corrected chi connectivity index (χ2v) is 9.96. The summed E-state index contributed by atoms with van der Waals surface area (Å²) < 4.78 is 27.1. The van der Waals surface area contributed by atoms with Crippen LogP contribution in [0.4, 0.5) is 10.8 Å². The van der Waals surface area contributed by atoms with Gasteiger partial charge in [-0.05, 0) is 48.9 Å². The summed E-state index contributed by atoms with van der Waals surface area (Å²) in [6.07, 6.45) is 0. The van der Waals surface area contributed by atoms with Gasteiger partial charge in [0.15, 0.2) is 5.13 Å². The molecule has 0 atom stereocenters. The van der Waals surface area contributed by atoms with Gasteiger partial charge in [0.25, 0.3) is 15.9 Å². The van der Waals surface area contributed by atoms with Crippen LogP contribution in [0.5, 0.6) is 0 Å². The zero-order valence-corrected chi connectivity index (χ0v) is 19.4. The first-order chi connectivity index (χ1) is 15.3. The molecule has 0 N–H and O–H groups in total. The molecule has 0 bridgehead atoms. The minimum atomic E-state index is -3.90. The molecule has 32 heavy (non-hydrogen) atoms. The number of carbonyl (C=O) groups excluding carboxylic acids is 1. The Labute approximate surface area is 190 Å². The lowest BCUT2D eigenvalue weighted by atomic mass is 10.1. The van der Waals surface area contributed by atoms with E-state index in [0.717, 1.165) is 20.2 Å². The van der Waals surface area contributed by atoms with Crippen molar-refractivity contribution >= 4 is 48.3 Å². The lowest BCUT2D eigenvalue weighted by Crippen LogP contribution is -2.28. The summed E-state index contributed by atoms with van der Waals surface area (Å²) in [6.45, 7) is 1.91. The quantitative estimate of drug-likeness (QED) is 0.382. The van der Waals surface area contributed by atoms with Crippen LogP contribution in [-0.2, 0) is 14.9 Å². The third kappa shape index (κ3) is 4.03. The molecule has 164 valence electrons. The third-order valence-corrected chi connectivity index (χ3v) is 7.71. The predicted octanol–water partition coefficient (Wildman–Crippen LogP) is 4.77. The molecular formula is C23H21N3O4S2. The third-order valence-electron chi connectivity index (χ3n) is 5.01. The fraction of sp³-hybridized carbons (Fsp3) is 0.130. The number of carbonyl (C=O) groups is 1. The van der Waals surface area contributed by atoms with Gasteiger partial charge in [0.2, 0.25) is 0 Å². The van der Waals surface area contributed by atoms with Crippen molar-refractivity contribution < 1.29 is 18.0 Å². The van der Waals surface area contributed by atoms with E-state index in [-0.39, 0.29) is 16.4 Å². The molecule has 0 unspecified atom stereocenters. The summed E-state index contributed by atoms with van der Waals surface area (Å²) in [5.41, 5.74) is 2.58. The summed E-state index contributed by atoms with van der Waals surface area (Å²) in [6, 6.07) is 21.1. The van der Waals surface area contributed by atoms with Crippen LogP contribution in [0.1, 0.15) is 15.9 Å². The van der Waals surface area contributed by atoms with Crippen LogP contribution in [-0.4, -0.2) is 37.9 Å². The Balaban J connectivity index is 1.85. The maximum atomic E-state index is 13.7. The molecule has 0 spiro atoms. The number of thiazole rings is 1. The number of anilines is 2. The van der Waals surface area contributed by atoms with Gasteiger partial charge >= 0.3 is 0 Å². The topological polar surface area (TPSA) is 79.8 Å². The van der Waals surface area contributed by atoms with E-state index in [0.29, 0.717) is 10.8 Å². The van der Waals surface area contributed by atoms with E-state index in [1.807, 2.05) is 55.5 Å². The Morgan fingerprint density at radius 3 is 2.44 bits per heavy atom. The van der Waals surface area contributed by atoms with Gasteiger partial charge in [-0.1, -0.05) is 52.2 Å². The van der Waals surface area contributed by atoms with Gasteiger partial charge in [0.05, 0.1) is 27.9 Å². The number of fused-ring (bicyclic) bond motifs is 1. The first-order valence-corrected chi connectivity index (χ1v) is 12.0. The van der Waals surface area contributed by atoms with Crippen LogP contribution in [0.25, 0.3) is 10.2 Å². The summed E-state index contributed by atoms with van der Waals surface area (Å²) >= 11 is 1.40. The molecule has 0 aliphatic rings. The van der Waals surface area contributed by atoms with Crippen LogP contribution >= 0.6 is 11.3 Å². The van der Waals surface area contributed by atoms with E-state index in [2.05, 4.69) is 4.98 Å². The van der Waals surface area contributed by atoms with Crippen LogP contribution in [0, 0.1) is 6.92 Å². The molecule has 3 aromatic carbocycles. The highest BCUT2D eigenvalue weighted by atomic mass is 32.2. The van der Waals surface area contributed by atoms with Crippen molar-refractivity contribution in [2.24, 2.45) is 0 Å². The molecule has 4 rings (SSSR count). The van der Waals surface area contributed by atoms with Gasteiger partial charge in [0, 0.05) is 12.6 Å². The van der Waals surface area contributed by atoms with Crippen molar-refractivity contribution in [2.75, 3.05) is 19.1 Å². The molecule has 0 saturated carbocycles. The first-order valence-electron chi connectivity index (χ1n) is 9.71. The number of aryl methyl sites for hydroxylation is 1. The monoisotopic (exact) mass is 467 g/mol. The molecule has 1 heterocycles. The molecule has 7 nitrogen and oxygen atoms in total. The van der Waals surface area contributed by atoms with Gasteiger partial charge in [-0.15, -0.1) is 0 Å². The summed E-state index contributed by atoms with van der Waals surface area (Å²) in [4.78, 5) is 24.8. The van der Waals surface area contributed by atoms with E-state index in [1.165, 1.54) is 48.6 Å². The molecule has 1 aromatic heterocycles. The standard InChI is InChI=1S/C23H21N3O4S2/c1-16-9-4-6-13-20(16)26(23-24-19-12-5-7-14-21(19)31-23)22(27)17-10-8-11-18(15-17)32(28,29)25(2)30-3/h4-15H,1-3H3. The number of hydrogen-bond acceptors (Lipinski definition) is 6. The fourth-order valence-electron chi connectivity index (χ4n) is 3.23. The number of hydrogen-bond donors (Lipinski definition) is 0. The zero-order valence-electron chi connectivity index (χ0n) is 17.7. The van der Waals surface area contributed by atoms with Crippen molar-refractivity contribution in [3.8, 4) is 0 Å². The smallest absolute Gasteiger partial charge is 0.264 e. The zero-order chi connectivity index (χ0) is 22.9. The molecule has 0 saturated heterocycles. The number of benzene rings is 3. The Bertz CT molecular complexity index is 1370. The number of amides is 1. The van der Waals surface area contributed by atoms with Crippen LogP contribution in [0.3, 0.4) is 0 Å². The van der Waals surface area contributed by atoms with E-state index in [4.69, 9.17) is 4.84 Å². The minimum absolute atomic E-state index is 0.0401. The summed E-state index contributed by atoms with van der Waals surface area (Å²) in [7, 11) is -1.34. The molecule has 0 aliphatic carbocycles. The number of aromatic nitrogens is 1. The fourth-order valence-corrected chi connectivity index (χ4v) is 5.23. The molecule has 9 heteroatoms. The molecular weight excluding hydrogens is 446 g/mol.